The Hall–Kier alpha value is -1.17. The Morgan fingerprint density at radius 2 is 1.69 bits per heavy atom. The number of rotatable bonds is 8. The lowest BCUT2D eigenvalue weighted by atomic mass is 9.38. The number of aliphatic hydroxyl groups is 6. The van der Waals surface area contributed by atoms with E-state index >= 15 is 0 Å². The molecule has 0 spiro atoms. The third kappa shape index (κ3) is 5.41. The molecule has 9 nitrogen and oxygen atoms in total. The Labute approximate surface area is 268 Å². The van der Waals surface area contributed by atoms with E-state index in [1.54, 1.807) is 0 Å². The summed E-state index contributed by atoms with van der Waals surface area (Å²) in [6, 6.07) is 0. The SMILES string of the molecule is CC(C)=CC(O)C[C@@H](C)[C@H]1CC[C@@]2(C)[C@@H]3C(O[C@@H]4O[C@H](CO)[C@@H](O)[C@H](O)[C@H]4O)C=C4[C@@H](CCC(O)C4(C)C)[C@]3(C=O)CC[C@]12C. The molecule has 1 saturated heterocycles. The van der Waals surface area contributed by atoms with E-state index in [1.807, 2.05) is 33.8 Å². The van der Waals surface area contributed by atoms with E-state index in [2.05, 4.69) is 26.8 Å². The van der Waals surface area contributed by atoms with E-state index < -0.39 is 66.5 Å². The number of carbonyl (C=O) groups excluding carboxylic acids is 1. The highest BCUT2D eigenvalue weighted by atomic mass is 16.7. The van der Waals surface area contributed by atoms with E-state index in [4.69, 9.17) is 9.47 Å². The maximum Gasteiger partial charge on any atom is 0.187 e. The maximum atomic E-state index is 13.7. The summed E-state index contributed by atoms with van der Waals surface area (Å²) in [6.45, 7) is 14.3. The first-order valence-corrected chi connectivity index (χ1v) is 17.1. The van der Waals surface area contributed by atoms with E-state index in [0.717, 1.165) is 36.7 Å². The van der Waals surface area contributed by atoms with E-state index in [9.17, 15) is 35.4 Å². The number of hydrogen-bond donors (Lipinski definition) is 6. The largest absolute Gasteiger partial charge is 0.394 e. The Bertz CT molecular complexity index is 1160. The maximum absolute atomic E-state index is 13.7. The fraction of sp³-hybridized carbons (Fsp3) is 0.861. The van der Waals surface area contributed by atoms with Gasteiger partial charge in [-0.05, 0) is 87.4 Å². The second-order valence-electron chi connectivity index (χ2n) is 16.5. The van der Waals surface area contributed by atoms with Crippen molar-refractivity contribution < 1.29 is 44.9 Å². The van der Waals surface area contributed by atoms with Crippen LogP contribution in [0.1, 0.15) is 93.4 Å². The molecule has 5 rings (SSSR count). The normalized spacial score (nSPS) is 48.7. The molecular weight excluding hydrogens is 576 g/mol. The van der Waals surface area contributed by atoms with Gasteiger partial charge in [0.15, 0.2) is 6.29 Å². The molecule has 45 heavy (non-hydrogen) atoms. The standard InChI is InChI=1S/C36H58O9/c1-19(2)14-21(39)15-20(3)22-10-11-35(7)31-25(44-32-30(43)29(42)28(41)26(17-37)45-32)16-24-23(8-9-27(40)33(24,4)5)36(31,18-38)13-12-34(22,35)6/h14,16,18,20-23,25-32,37,39-43H,8-13,15,17H2,1-7H3/t20-,21?,22-,23-,25?,26-,27?,28-,29+,30-,31+,32-,34-,35+,36-/m1/s1. The van der Waals surface area contributed by atoms with Gasteiger partial charge in [-0.1, -0.05) is 57.9 Å². The zero-order valence-corrected chi connectivity index (χ0v) is 28.2. The van der Waals surface area contributed by atoms with Gasteiger partial charge in [0.2, 0.25) is 0 Å². The molecular formula is C36H58O9. The monoisotopic (exact) mass is 634 g/mol. The lowest BCUT2D eigenvalue weighted by Crippen LogP contribution is -2.66. The molecule has 4 fully saturated rings. The van der Waals surface area contributed by atoms with Crippen molar-refractivity contribution in [2.45, 2.75) is 142 Å². The third-order valence-corrected chi connectivity index (χ3v) is 13.6. The molecule has 1 heterocycles. The summed E-state index contributed by atoms with van der Waals surface area (Å²) in [5.41, 5.74) is 0.182. The van der Waals surface area contributed by atoms with Crippen LogP contribution in [0.2, 0.25) is 0 Å². The lowest BCUT2D eigenvalue weighted by Gasteiger charge is -2.66. The van der Waals surface area contributed by atoms with Gasteiger partial charge in [-0.15, -0.1) is 0 Å². The minimum Gasteiger partial charge on any atom is -0.394 e. The van der Waals surface area contributed by atoms with Crippen molar-refractivity contribution in [2.75, 3.05) is 6.61 Å². The number of allylic oxidation sites excluding steroid dienone is 1. The highest BCUT2D eigenvalue weighted by Gasteiger charge is 2.71. The number of carbonyl (C=O) groups is 1. The van der Waals surface area contributed by atoms with Crippen LogP contribution in [0.4, 0.5) is 0 Å². The van der Waals surface area contributed by atoms with Crippen molar-refractivity contribution in [1.82, 2.24) is 0 Å². The van der Waals surface area contributed by atoms with Crippen molar-refractivity contribution >= 4 is 6.29 Å². The van der Waals surface area contributed by atoms with Crippen LogP contribution < -0.4 is 0 Å². The van der Waals surface area contributed by atoms with Crippen LogP contribution >= 0.6 is 0 Å². The molecule has 15 atom stereocenters. The summed E-state index contributed by atoms with van der Waals surface area (Å²) in [6.07, 6.45) is 1.55. The van der Waals surface area contributed by atoms with Crippen molar-refractivity contribution in [1.29, 1.82) is 0 Å². The van der Waals surface area contributed by atoms with Crippen molar-refractivity contribution in [2.24, 2.45) is 45.3 Å². The van der Waals surface area contributed by atoms with Gasteiger partial charge in [0.25, 0.3) is 0 Å². The summed E-state index contributed by atoms with van der Waals surface area (Å²) >= 11 is 0. The van der Waals surface area contributed by atoms with Gasteiger partial charge < -0.3 is 44.9 Å². The van der Waals surface area contributed by atoms with E-state index in [-0.39, 0.29) is 28.6 Å². The number of aliphatic hydroxyl groups excluding tert-OH is 6. The van der Waals surface area contributed by atoms with Gasteiger partial charge in [-0.25, -0.2) is 0 Å². The molecule has 0 aromatic carbocycles. The summed E-state index contributed by atoms with van der Waals surface area (Å²) in [5, 5.41) is 63.8. The van der Waals surface area contributed by atoms with Gasteiger partial charge in [0.1, 0.15) is 30.7 Å². The highest BCUT2D eigenvalue weighted by molar-refractivity contribution is 5.65. The third-order valence-electron chi connectivity index (χ3n) is 13.6. The molecule has 0 aromatic rings. The van der Waals surface area contributed by atoms with Crippen LogP contribution in [0.3, 0.4) is 0 Å². The fourth-order valence-corrected chi connectivity index (χ4v) is 11.0. The molecule has 4 aliphatic carbocycles. The molecule has 0 amide bonds. The minimum atomic E-state index is -1.58. The van der Waals surface area contributed by atoms with Crippen LogP contribution in [0.5, 0.6) is 0 Å². The molecule has 9 heteroatoms. The van der Waals surface area contributed by atoms with E-state index in [1.165, 1.54) is 0 Å². The molecule has 256 valence electrons. The number of ether oxygens (including phenoxy) is 2. The van der Waals surface area contributed by atoms with Crippen LogP contribution in [0.15, 0.2) is 23.3 Å². The second-order valence-corrected chi connectivity index (χ2v) is 16.5. The van der Waals surface area contributed by atoms with Crippen LogP contribution in [0.25, 0.3) is 0 Å². The molecule has 3 saturated carbocycles. The molecule has 0 radical (unpaired) electrons. The highest BCUT2D eigenvalue weighted by Crippen LogP contribution is 2.75. The average Bonchev–Trinajstić information content (AvgIpc) is 3.25. The van der Waals surface area contributed by atoms with Crippen molar-refractivity contribution in [3.63, 3.8) is 0 Å². The van der Waals surface area contributed by atoms with Gasteiger partial charge in [-0.3, -0.25) is 0 Å². The first-order valence-electron chi connectivity index (χ1n) is 17.1. The second kappa shape index (κ2) is 12.4. The molecule has 0 aromatic heterocycles. The number of hydrogen-bond acceptors (Lipinski definition) is 9. The fourth-order valence-electron chi connectivity index (χ4n) is 11.0. The smallest absolute Gasteiger partial charge is 0.187 e. The quantitative estimate of drug-likeness (QED) is 0.174. The van der Waals surface area contributed by atoms with Crippen molar-refractivity contribution in [3.8, 4) is 0 Å². The Morgan fingerprint density at radius 1 is 1.00 bits per heavy atom. The van der Waals surface area contributed by atoms with Crippen LogP contribution in [0, 0.1) is 45.3 Å². The van der Waals surface area contributed by atoms with Crippen LogP contribution in [-0.2, 0) is 14.3 Å². The molecule has 6 N–H and O–H groups in total. The predicted octanol–water partition coefficient (Wildman–Crippen LogP) is 3.28. The minimum absolute atomic E-state index is 0.0645. The summed E-state index contributed by atoms with van der Waals surface area (Å²) in [5.74, 6) is 0.211. The Kier molecular flexibility index (Phi) is 9.66. The number of fused-ring (bicyclic) bond motifs is 5. The molecule has 0 bridgehead atoms. The van der Waals surface area contributed by atoms with Crippen molar-refractivity contribution in [3.05, 3.63) is 23.3 Å². The Morgan fingerprint density at radius 3 is 2.31 bits per heavy atom. The predicted molar refractivity (Wildman–Crippen MR) is 169 cm³/mol. The molecule has 1 aliphatic heterocycles. The van der Waals surface area contributed by atoms with Gasteiger partial charge in [0.05, 0.1) is 24.9 Å². The van der Waals surface area contributed by atoms with Gasteiger partial charge in [0, 0.05) is 16.7 Å². The van der Waals surface area contributed by atoms with Crippen LogP contribution in [-0.4, -0.2) is 92.5 Å². The average molecular weight is 635 g/mol. The summed E-state index contributed by atoms with van der Waals surface area (Å²) in [4.78, 5) is 13.7. The van der Waals surface area contributed by atoms with Gasteiger partial charge >= 0.3 is 0 Å². The molecule has 5 aliphatic rings. The topological polar surface area (TPSA) is 157 Å². The number of aldehydes is 1. The zero-order valence-electron chi connectivity index (χ0n) is 28.2. The summed E-state index contributed by atoms with van der Waals surface area (Å²) in [7, 11) is 0. The Balaban J connectivity index is 1.59. The van der Waals surface area contributed by atoms with Gasteiger partial charge in [-0.2, -0.15) is 0 Å². The van der Waals surface area contributed by atoms with E-state index in [0.29, 0.717) is 31.6 Å². The first kappa shape index (κ1) is 35.1. The molecule has 3 unspecified atom stereocenters. The summed E-state index contributed by atoms with van der Waals surface area (Å²) < 4.78 is 12.5. The zero-order chi connectivity index (χ0) is 33.3. The first-order chi connectivity index (χ1) is 21.0. The lowest BCUT2D eigenvalue weighted by molar-refractivity contribution is -0.321.